The summed E-state index contributed by atoms with van der Waals surface area (Å²) in [4.78, 5) is 7.70. The third kappa shape index (κ3) is 4.12. The quantitative estimate of drug-likeness (QED) is 0.465. The van der Waals surface area contributed by atoms with Crippen molar-refractivity contribution in [1.29, 1.82) is 5.26 Å². The fraction of sp³-hybridized carbons (Fsp3) is 0.0833. The number of para-hydroxylation sites is 2. The molecule has 1 aromatic heterocycles. The summed E-state index contributed by atoms with van der Waals surface area (Å²) >= 11 is 0. The molecule has 0 saturated carbocycles. The number of H-pyrrole nitrogens is 1. The zero-order valence-electron chi connectivity index (χ0n) is 15.9. The summed E-state index contributed by atoms with van der Waals surface area (Å²) in [7, 11) is 1.61. The summed E-state index contributed by atoms with van der Waals surface area (Å²) in [6.07, 6.45) is 1.78. The molecule has 0 aliphatic rings. The van der Waals surface area contributed by atoms with Gasteiger partial charge in [0.25, 0.3) is 0 Å². The summed E-state index contributed by atoms with van der Waals surface area (Å²) in [5, 5.41) is 9.65. The molecular formula is C24H19N3O2. The summed E-state index contributed by atoms with van der Waals surface area (Å²) in [6.45, 7) is 0.430. The monoisotopic (exact) mass is 381 g/mol. The third-order valence-electron chi connectivity index (χ3n) is 4.50. The van der Waals surface area contributed by atoms with Crippen LogP contribution in [-0.2, 0) is 6.61 Å². The van der Waals surface area contributed by atoms with Crippen LogP contribution in [-0.4, -0.2) is 17.1 Å². The molecule has 4 rings (SSSR count). The van der Waals surface area contributed by atoms with Crippen LogP contribution in [0.2, 0.25) is 0 Å². The first-order valence-corrected chi connectivity index (χ1v) is 9.18. The van der Waals surface area contributed by atoms with E-state index in [1.54, 1.807) is 13.2 Å². The second kappa shape index (κ2) is 8.32. The number of rotatable bonds is 6. The Morgan fingerprint density at radius 1 is 1.03 bits per heavy atom. The SMILES string of the molecule is COc1ccc(C=C(C#N)c2nc3ccccc3[nH]2)cc1OCc1ccccc1. The zero-order chi connectivity index (χ0) is 20.1. The number of nitrogens with one attached hydrogen (secondary N) is 1. The molecule has 0 amide bonds. The fourth-order valence-corrected chi connectivity index (χ4v) is 3.03. The highest BCUT2D eigenvalue weighted by Gasteiger charge is 2.10. The first-order chi connectivity index (χ1) is 14.3. The molecule has 0 radical (unpaired) electrons. The molecule has 29 heavy (non-hydrogen) atoms. The topological polar surface area (TPSA) is 70.9 Å². The van der Waals surface area contributed by atoms with Crippen LogP contribution in [0.1, 0.15) is 17.0 Å². The molecule has 0 saturated heterocycles. The van der Waals surface area contributed by atoms with Crippen molar-refractivity contribution < 1.29 is 9.47 Å². The average molecular weight is 381 g/mol. The number of hydrogen-bond donors (Lipinski definition) is 1. The maximum atomic E-state index is 9.65. The molecule has 0 unspecified atom stereocenters. The molecule has 0 fully saturated rings. The van der Waals surface area contributed by atoms with Gasteiger partial charge >= 0.3 is 0 Å². The molecule has 142 valence electrons. The molecule has 3 aromatic carbocycles. The Morgan fingerprint density at radius 2 is 1.83 bits per heavy atom. The van der Waals surface area contributed by atoms with Crippen LogP contribution in [0.5, 0.6) is 11.5 Å². The van der Waals surface area contributed by atoms with Crippen molar-refractivity contribution in [3.05, 3.63) is 89.7 Å². The van der Waals surface area contributed by atoms with Gasteiger partial charge in [0.05, 0.1) is 23.7 Å². The van der Waals surface area contributed by atoms with Gasteiger partial charge < -0.3 is 14.5 Å². The van der Waals surface area contributed by atoms with E-state index < -0.39 is 0 Å². The van der Waals surface area contributed by atoms with Crippen molar-refractivity contribution in [2.24, 2.45) is 0 Å². The Kier molecular flexibility index (Phi) is 5.26. The Morgan fingerprint density at radius 3 is 2.59 bits per heavy atom. The normalized spacial score (nSPS) is 11.2. The zero-order valence-corrected chi connectivity index (χ0v) is 15.9. The predicted octanol–water partition coefficient (Wildman–Crippen LogP) is 5.21. The second-order valence-corrected chi connectivity index (χ2v) is 6.46. The minimum absolute atomic E-state index is 0.430. The number of nitriles is 1. The van der Waals surface area contributed by atoms with Crippen molar-refractivity contribution in [3.8, 4) is 17.6 Å². The second-order valence-electron chi connectivity index (χ2n) is 6.46. The van der Waals surface area contributed by atoms with Crippen molar-refractivity contribution in [2.45, 2.75) is 6.61 Å². The van der Waals surface area contributed by atoms with Crippen LogP contribution in [0.15, 0.2) is 72.8 Å². The molecule has 1 heterocycles. The van der Waals surface area contributed by atoms with Crippen molar-refractivity contribution in [3.63, 3.8) is 0 Å². The van der Waals surface area contributed by atoms with E-state index in [1.165, 1.54) is 0 Å². The fourth-order valence-electron chi connectivity index (χ4n) is 3.03. The van der Waals surface area contributed by atoms with Crippen molar-refractivity contribution >= 4 is 22.7 Å². The lowest BCUT2D eigenvalue weighted by atomic mass is 10.1. The van der Waals surface area contributed by atoms with Gasteiger partial charge in [-0.15, -0.1) is 0 Å². The molecule has 5 heteroatoms. The Balaban J connectivity index is 1.63. The van der Waals surface area contributed by atoms with E-state index in [-0.39, 0.29) is 0 Å². The molecule has 0 aliphatic carbocycles. The van der Waals surface area contributed by atoms with Gasteiger partial charge in [0.2, 0.25) is 0 Å². The largest absolute Gasteiger partial charge is 0.493 e. The number of nitrogens with zero attached hydrogens (tertiary/aromatic N) is 2. The van der Waals surface area contributed by atoms with Crippen LogP contribution >= 0.6 is 0 Å². The summed E-state index contributed by atoms with van der Waals surface area (Å²) in [5.74, 6) is 1.79. The maximum Gasteiger partial charge on any atom is 0.162 e. The van der Waals surface area contributed by atoms with Gasteiger partial charge in [0, 0.05) is 0 Å². The number of aromatic amines is 1. The molecule has 4 aromatic rings. The van der Waals surface area contributed by atoms with Crippen LogP contribution in [0.4, 0.5) is 0 Å². The number of methoxy groups -OCH3 is 1. The highest BCUT2D eigenvalue weighted by Crippen LogP contribution is 2.30. The highest BCUT2D eigenvalue weighted by molar-refractivity contribution is 5.90. The van der Waals surface area contributed by atoms with Crippen LogP contribution in [0.3, 0.4) is 0 Å². The van der Waals surface area contributed by atoms with E-state index >= 15 is 0 Å². The molecular weight excluding hydrogens is 362 g/mol. The Hall–Kier alpha value is -4.04. The van der Waals surface area contributed by atoms with E-state index in [4.69, 9.17) is 9.47 Å². The van der Waals surface area contributed by atoms with Gasteiger partial charge in [-0.25, -0.2) is 4.98 Å². The van der Waals surface area contributed by atoms with Crippen LogP contribution < -0.4 is 9.47 Å². The summed E-state index contributed by atoms with van der Waals surface area (Å²) in [6, 6.07) is 25.4. The van der Waals surface area contributed by atoms with Gasteiger partial charge in [-0.2, -0.15) is 5.26 Å². The van der Waals surface area contributed by atoms with Gasteiger partial charge in [-0.3, -0.25) is 0 Å². The van der Waals surface area contributed by atoms with E-state index in [1.807, 2.05) is 72.8 Å². The molecule has 0 bridgehead atoms. The summed E-state index contributed by atoms with van der Waals surface area (Å²) < 4.78 is 11.4. The lowest BCUT2D eigenvalue weighted by Crippen LogP contribution is -1.98. The van der Waals surface area contributed by atoms with E-state index in [0.717, 1.165) is 22.2 Å². The van der Waals surface area contributed by atoms with Gasteiger partial charge in [-0.1, -0.05) is 48.5 Å². The number of fused-ring (bicyclic) bond motifs is 1. The minimum atomic E-state index is 0.430. The van der Waals surface area contributed by atoms with Crippen LogP contribution in [0.25, 0.3) is 22.7 Å². The van der Waals surface area contributed by atoms with E-state index in [0.29, 0.717) is 29.5 Å². The van der Waals surface area contributed by atoms with Crippen molar-refractivity contribution in [2.75, 3.05) is 7.11 Å². The van der Waals surface area contributed by atoms with Gasteiger partial charge in [0.1, 0.15) is 18.5 Å². The number of imidazole rings is 1. The molecule has 0 spiro atoms. The number of aromatic nitrogens is 2. The number of hydrogen-bond acceptors (Lipinski definition) is 4. The predicted molar refractivity (Wildman–Crippen MR) is 113 cm³/mol. The van der Waals surface area contributed by atoms with Crippen LogP contribution in [0, 0.1) is 11.3 Å². The number of ether oxygens (including phenoxy) is 2. The molecule has 0 atom stereocenters. The molecule has 5 nitrogen and oxygen atoms in total. The van der Waals surface area contributed by atoms with Gasteiger partial charge in [-0.05, 0) is 41.5 Å². The van der Waals surface area contributed by atoms with Crippen molar-refractivity contribution in [1.82, 2.24) is 9.97 Å². The first-order valence-electron chi connectivity index (χ1n) is 9.18. The van der Waals surface area contributed by atoms with E-state index in [2.05, 4.69) is 16.0 Å². The Labute approximate surface area is 168 Å². The first kappa shape index (κ1) is 18.3. The average Bonchev–Trinajstić information content (AvgIpc) is 3.21. The smallest absolute Gasteiger partial charge is 0.162 e. The van der Waals surface area contributed by atoms with Gasteiger partial charge in [0.15, 0.2) is 11.5 Å². The third-order valence-corrected chi connectivity index (χ3v) is 4.50. The maximum absolute atomic E-state index is 9.65. The molecule has 0 aliphatic heterocycles. The lowest BCUT2D eigenvalue weighted by Gasteiger charge is -2.11. The lowest BCUT2D eigenvalue weighted by molar-refractivity contribution is 0.284. The highest BCUT2D eigenvalue weighted by atomic mass is 16.5. The summed E-state index contributed by atoms with van der Waals surface area (Å²) in [5.41, 5.74) is 4.05. The Bertz CT molecular complexity index is 1170. The standard InChI is InChI=1S/C24H19N3O2/c1-28-22-12-11-18(14-23(22)29-16-17-7-3-2-4-8-17)13-19(15-25)24-26-20-9-5-6-10-21(20)27-24/h2-14H,16H2,1H3,(H,26,27). The minimum Gasteiger partial charge on any atom is -0.493 e. The van der Waals surface area contributed by atoms with E-state index in [9.17, 15) is 5.26 Å². The number of benzene rings is 3. The number of allylic oxidation sites excluding steroid dienone is 1. The molecule has 1 N–H and O–H groups in total.